The lowest BCUT2D eigenvalue weighted by atomic mass is 9.67. The van der Waals surface area contributed by atoms with Gasteiger partial charge in [0.2, 0.25) is 0 Å². The molecule has 0 saturated carbocycles. The minimum atomic E-state index is -1.52. The third-order valence-corrected chi connectivity index (χ3v) is 5.43. The molecular weight excluding hydrogens is 354 g/mol. The Kier molecular flexibility index (Phi) is 4.59. The Morgan fingerprint density at radius 3 is 2.14 bits per heavy atom. The SMILES string of the molecule is CC(C)(c1cc(Cl)c(O)c(Cl)c1)C1(O)C(Cl)=CC=CC1Cl. The topological polar surface area (TPSA) is 40.5 Å². The Hall–Kier alpha value is -0.380. The van der Waals surface area contributed by atoms with Gasteiger partial charge in [-0.15, -0.1) is 11.6 Å². The van der Waals surface area contributed by atoms with Crippen LogP contribution in [0.25, 0.3) is 0 Å². The molecule has 0 heterocycles. The molecular formula is C15H14Cl4O2. The first-order chi connectivity index (χ1) is 9.62. The largest absolute Gasteiger partial charge is 0.505 e. The van der Waals surface area contributed by atoms with Crippen molar-refractivity contribution in [1.82, 2.24) is 0 Å². The van der Waals surface area contributed by atoms with Gasteiger partial charge in [0.1, 0.15) is 5.60 Å². The maximum Gasteiger partial charge on any atom is 0.152 e. The molecule has 0 fully saturated rings. The van der Waals surface area contributed by atoms with E-state index in [1.165, 1.54) is 0 Å². The van der Waals surface area contributed by atoms with E-state index >= 15 is 0 Å². The van der Waals surface area contributed by atoms with Crippen LogP contribution in [0.2, 0.25) is 10.0 Å². The molecule has 21 heavy (non-hydrogen) atoms. The zero-order valence-corrected chi connectivity index (χ0v) is 14.4. The standard InChI is InChI=1S/C15H14Cl4O2/c1-14(2,8-6-9(16)13(20)10(17)7-8)15(21)11(18)4-3-5-12(15)19/h3-7,11,20-21H,1-2H3. The van der Waals surface area contributed by atoms with Crippen LogP contribution in [0.5, 0.6) is 5.75 Å². The van der Waals surface area contributed by atoms with Crippen molar-refractivity contribution in [3.63, 3.8) is 0 Å². The fourth-order valence-corrected chi connectivity index (χ4v) is 3.87. The number of benzene rings is 1. The first kappa shape index (κ1) is 17.0. The highest BCUT2D eigenvalue weighted by atomic mass is 35.5. The van der Waals surface area contributed by atoms with Gasteiger partial charge in [0.25, 0.3) is 0 Å². The quantitative estimate of drug-likeness (QED) is 0.721. The average Bonchev–Trinajstić information content (AvgIpc) is 2.41. The van der Waals surface area contributed by atoms with Crippen LogP contribution >= 0.6 is 46.4 Å². The van der Waals surface area contributed by atoms with E-state index in [0.29, 0.717) is 5.56 Å². The van der Waals surface area contributed by atoms with Gasteiger partial charge in [0, 0.05) is 5.41 Å². The van der Waals surface area contributed by atoms with E-state index in [4.69, 9.17) is 46.4 Å². The minimum Gasteiger partial charge on any atom is -0.505 e. The Morgan fingerprint density at radius 1 is 1.14 bits per heavy atom. The number of hydrogen-bond donors (Lipinski definition) is 2. The highest BCUT2D eigenvalue weighted by molar-refractivity contribution is 6.37. The number of phenolic OH excluding ortho intramolecular Hbond substituents is 1. The van der Waals surface area contributed by atoms with Gasteiger partial charge in [-0.25, -0.2) is 0 Å². The van der Waals surface area contributed by atoms with Crippen LogP contribution in [0, 0.1) is 0 Å². The zero-order chi connectivity index (χ0) is 16.0. The molecule has 0 radical (unpaired) electrons. The summed E-state index contributed by atoms with van der Waals surface area (Å²) in [7, 11) is 0. The summed E-state index contributed by atoms with van der Waals surface area (Å²) in [5.41, 5.74) is -1.79. The summed E-state index contributed by atoms with van der Waals surface area (Å²) in [4.78, 5) is 0. The molecule has 2 nitrogen and oxygen atoms in total. The lowest BCUT2D eigenvalue weighted by Gasteiger charge is -2.46. The Labute approximate surface area is 143 Å². The molecule has 2 atom stereocenters. The first-order valence-corrected chi connectivity index (χ1v) is 7.78. The van der Waals surface area contributed by atoms with Gasteiger partial charge < -0.3 is 10.2 Å². The van der Waals surface area contributed by atoms with Crippen LogP contribution in [0.15, 0.2) is 35.4 Å². The van der Waals surface area contributed by atoms with Crippen molar-refractivity contribution in [3.8, 4) is 5.75 Å². The molecule has 0 aliphatic heterocycles. The average molecular weight is 368 g/mol. The molecule has 1 aliphatic carbocycles. The summed E-state index contributed by atoms with van der Waals surface area (Å²) in [6, 6.07) is 3.10. The summed E-state index contributed by atoms with van der Waals surface area (Å²) in [6.45, 7) is 3.58. The number of hydrogen-bond acceptors (Lipinski definition) is 2. The maximum atomic E-state index is 11.1. The molecule has 2 rings (SSSR count). The highest BCUT2D eigenvalue weighted by Gasteiger charge is 2.52. The molecule has 1 aromatic rings. The van der Waals surface area contributed by atoms with Gasteiger partial charge in [-0.2, -0.15) is 0 Å². The van der Waals surface area contributed by atoms with E-state index in [0.717, 1.165) is 0 Å². The Morgan fingerprint density at radius 2 is 1.67 bits per heavy atom. The van der Waals surface area contributed by atoms with Gasteiger partial charge in [-0.1, -0.05) is 60.8 Å². The van der Waals surface area contributed by atoms with E-state index in [1.807, 2.05) is 0 Å². The second-order valence-electron chi connectivity index (χ2n) is 5.48. The van der Waals surface area contributed by atoms with Crippen LogP contribution < -0.4 is 0 Å². The summed E-state index contributed by atoms with van der Waals surface area (Å²) in [6.07, 6.45) is 4.96. The fourth-order valence-electron chi connectivity index (χ4n) is 2.43. The molecule has 2 unspecified atom stereocenters. The number of phenols is 1. The number of allylic oxidation sites excluding steroid dienone is 2. The van der Waals surface area contributed by atoms with Gasteiger partial charge in [-0.3, -0.25) is 0 Å². The fraction of sp³-hybridized carbons (Fsp3) is 0.333. The van der Waals surface area contributed by atoms with Gasteiger partial charge in [-0.05, 0) is 23.8 Å². The third kappa shape index (κ3) is 2.58. The lowest BCUT2D eigenvalue weighted by Crippen LogP contribution is -2.55. The van der Waals surface area contributed by atoms with Crippen molar-refractivity contribution in [1.29, 1.82) is 0 Å². The van der Waals surface area contributed by atoms with Crippen LogP contribution in [0.1, 0.15) is 19.4 Å². The normalized spacial score (nSPS) is 25.9. The molecule has 0 bridgehead atoms. The minimum absolute atomic E-state index is 0.103. The second-order valence-corrected chi connectivity index (χ2v) is 7.17. The predicted octanol–water partition coefficient (Wildman–Crippen LogP) is 5.01. The van der Waals surface area contributed by atoms with Crippen LogP contribution in [0.4, 0.5) is 0 Å². The van der Waals surface area contributed by atoms with Gasteiger partial charge >= 0.3 is 0 Å². The van der Waals surface area contributed by atoms with Gasteiger partial charge in [0.15, 0.2) is 5.75 Å². The van der Waals surface area contributed by atoms with E-state index in [9.17, 15) is 10.2 Å². The van der Waals surface area contributed by atoms with Crippen LogP contribution in [0.3, 0.4) is 0 Å². The van der Waals surface area contributed by atoms with E-state index in [1.54, 1.807) is 44.2 Å². The van der Waals surface area contributed by atoms with Crippen molar-refractivity contribution in [2.75, 3.05) is 0 Å². The highest BCUT2D eigenvalue weighted by Crippen LogP contribution is 2.49. The molecule has 0 spiro atoms. The third-order valence-electron chi connectivity index (χ3n) is 3.98. The molecule has 0 saturated heterocycles. The molecule has 2 N–H and O–H groups in total. The first-order valence-electron chi connectivity index (χ1n) is 6.21. The number of alkyl halides is 1. The van der Waals surface area contributed by atoms with Crippen molar-refractivity contribution >= 4 is 46.4 Å². The van der Waals surface area contributed by atoms with Gasteiger partial charge in [0.05, 0.1) is 20.5 Å². The number of rotatable bonds is 2. The Bertz CT molecular complexity index is 614. The molecule has 114 valence electrons. The van der Waals surface area contributed by atoms with Crippen molar-refractivity contribution in [2.45, 2.75) is 30.2 Å². The number of aromatic hydroxyl groups is 1. The van der Waals surface area contributed by atoms with E-state index < -0.39 is 16.4 Å². The Balaban J connectivity index is 2.61. The zero-order valence-electron chi connectivity index (χ0n) is 11.4. The van der Waals surface area contributed by atoms with Crippen molar-refractivity contribution < 1.29 is 10.2 Å². The summed E-state index contributed by atoms with van der Waals surface area (Å²) >= 11 is 24.5. The van der Waals surface area contributed by atoms with Crippen LogP contribution in [-0.2, 0) is 5.41 Å². The summed E-state index contributed by atoms with van der Waals surface area (Å²) in [5.74, 6) is -0.197. The second kappa shape index (κ2) is 5.68. The smallest absolute Gasteiger partial charge is 0.152 e. The molecule has 6 heteroatoms. The summed E-state index contributed by atoms with van der Waals surface area (Å²) < 4.78 is 0. The molecule has 1 aliphatic rings. The van der Waals surface area contributed by atoms with Crippen LogP contribution in [-0.4, -0.2) is 21.2 Å². The predicted molar refractivity (Wildman–Crippen MR) is 88.8 cm³/mol. The number of halogens is 4. The maximum absolute atomic E-state index is 11.1. The van der Waals surface area contributed by atoms with E-state index in [-0.39, 0.29) is 20.8 Å². The molecule has 1 aromatic carbocycles. The molecule has 0 amide bonds. The monoisotopic (exact) mass is 366 g/mol. The molecule has 0 aromatic heterocycles. The summed E-state index contributed by atoms with van der Waals surface area (Å²) in [5, 5.41) is 20.5. The van der Waals surface area contributed by atoms with E-state index in [2.05, 4.69) is 0 Å². The lowest BCUT2D eigenvalue weighted by molar-refractivity contribution is 0.0206. The van der Waals surface area contributed by atoms with Crippen molar-refractivity contribution in [3.05, 3.63) is 51.0 Å². The van der Waals surface area contributed by atoms with Crippen molar-refractivity contribution in [2.24, 2.45) is 0 Å². The number of aliphatic hydroxyl groups is 1.